The number of hydrogen-bond donors (Lipinski definition) is 2. The number of nitrogens with one attached hydrogen (secondary N) is 1. The average molecular weight is 448 g/mol. The molecular weight excluding hydrogens is 418 g/mol. The molecule has 1 aliphatic rings. The fourth-order valence-corrected chi connectivity index (χ4v) is 4.21. The van der Waals surface area contributed by atoms with E-state index < -0.39 is 0 Å². The number of amides is 1. The van der Waals surface area contributed by atoms with Crippen molar-refractivity contribution < 1.29 is 14.6 Å². The van der Waals surface area contributed by atoms with Crippen molar-refractivity contribution in [2.45, 2.75) is 45.1 Å². The van der Waals surface area contributed by atoms with Gasteiger partial charge in [0.2, 0.25) is 11.8 Å². The number of aromatic hydroxyl groups is 1. The third-order valence-corrected chi connectivity index (χ3v) is 5.98. The molecule has 0 fully saturated rings. The van der Waals surface area contributed by atoms with Gasteiger partial charge in [0.05, 0.1) is 24.9 Å². The fraction of sp³-hybridized carbons (Fsp3) is 0.308. The summed E-state index contributed by atoms with van der Waals surface area (Å²) < 4.78 is 7.95. The predicted octanol–water partition coefficient (Wildman–Crippen LogP) is 4.42. The lowest BCUT2D eigenvalue weighted by Gasteiger charge is -2.13. The van der Waals surface area contributed by atoms with E-state index in [0.717, 1.165) is 25.7 Å². The van der Waals surface area contributed by atoms with Gasteiger partial charge in [-0.2, -0.15) is 0 Å². The van der Waals surface area contributed by atoms with Crippen LogP contribution in [0.3, 0.4) is 0 Å². The Morgan fingerprint density at radius 3 is 2.52 bits per heavy atom. The number of carbonyl (C=O) groups excluding carboxylic acids is 1. The number of imidazole rings is 1. The summed E-state index contributed by atoms with van der Waals surface area (Å²) in [6, 6.07) is 16.0. The molecule has 2 aromatic carbocycles. The zero-order valence-electron chi connectivity index (χ0n) is 18.8. The number of carbonyl (C=O) groups is 1. The molecule has 4 rings (SSSR count). The van der Waals surface area contributed by atoms with E-state index in [1.54, 1.807) is 55.6 Å². The Balaban J connectivity index is 1.61. The molecule has 0 unspecified atom stereocenters. The first-order chi connectivity index (χ1) is 16.1. The number of anilines is 1. The molecule has 0 atom stereocenters. The number of aromatic nitrogens is 2. The quantitative estimate of drug-likeness (QED) is 0.501. The summed E-state index contributed by atoms with van der Waals surface area (Å²) in [5.74, 6) is 0.177. The third-order valence-electron chi connectivity index (χ3n) is 5.98. The molecule has 0 radical (unpaired) electrons. The van der Waals surface area contributed by atoms with E-state index in [0.29, 0.717) is 29.4 Å². The summed E-state index contributed by atoms with van der Waals surface area (Å²) in [6.45, 7) is 0.420. The highest BCUT2D eigenvalue weighted by atomic mass is 16.5. The monoisotopic (exact) mass is 447 g/mol. The maximum atomic E-state index is 13.3. The van der Waals surface area contributed by atoms with Crippen molar-refractivity contribution in [1.29, 1.82) is 0 Å². The second-order valence-electron chi connectivity index (χ2n) is 8.19. The second-order valence-corrected chi connectivity index (χ2v) is 8.19. The molecule has 7 heteroatoms. The first-order valence-corrected chi connectivity index (χ1v) is 11.3. The number of nitrogens with zero attached hydrogens (tertiary/aromatic N) is 2. The van der Waals surface area contributed by atoms with Crippen LogP contribution in [0.15, 0.2) is 71.0 Å². The van der Waals surface area contributed by atoms with Gasteiger partial charge in [-0.3, -0.25) is 9.36 Å². The van der Waals surface area contributed by atoms with Crippen LogP contribution in [0.2, 0.25) is 0 Å². The Labute approximate surface area is 192 Å². The van der Waals surface area contributed by atoms with Gasteiger partial charge in [-0.15, -0.1) is 0 Å². The summed E-state index contributed by atoms with van der Waals surface area (Å²) in [5, 5.41) is 13.8. The molecule has 7 nitrogen and oxygen atoms in total. The lowest BCUT2D eigenvalue weighted by molar-refractivity contribution is -0.115. The SMILES string of the molecule is COc1ccc(NC(=O)Cc2c(O)n(-c3ccccc3)c(=O)n2CCC2=CCCCC2)cc1. The van der Waals surface area contributed by atoms with Crippen LogP contribution in [0.1, 0.15) is 37.8 Å². The van der Waals surface area contributed by atoms with Gasteiger partial charge in [-0.05, 0) is 68.5 Å². The number of rotatable bonds is 8. The van der Waals surface area contributed by atoms with Crippen molar-refractivity contribution in [1.82, 2.24) is 9.13 Å². The van der Waals surface area contributed by atoms with Crippen molar-refractivity contribution in [3.63, 3.8) is 0 Å². The molecule has 0 saturated carbocycles. The normalized spacial score (nSPS) is 13.4. The molecule has 0 bridgehead atoms. The van der Waals surface area contributed by atoms with Gasteiger partial charge < -0.3 is 15.2 Å². The number of ether oxygens (including phenoxy) is 1. The van der Waals surface area contributed by atoms with Crippen LogP contribution in [-0.4, -0.2) is 27.3 Å². The van der Waals surface area contributed by atoms with Gasteiger partial charge >= 0.3 is 5.69 Å². The highest BCUT2D eigenvalue weighted by molar-refractivity contribution is 5.92. The Morgan fingerprint density at radius 1 is 1.09 bits per heavy atom. The average Bonchev–Trinajstić information content (AvgIpc) is 3.08. The lowest BCUT2D eigenvalue weighted by atomic mass is 9.97. The van der Waals surface area contributed by atoms with Crippen LogP contribution in [0.4, 0.5) is 5.69 Å². The standard InChI is InChI=1S/C26H29N3O4/c1-33-22-14-12-20(13-15-22)27-24(30)18-23-25(31)29(21-10-6-3-7-11-21)26(32)28(23)17-16-19-8-4-2-5-9-19/h3,6-8,10-15,31H,2,4-5,9,16-18H2,1H3,(H,27,30). The van der Waals surface area contributed by atoms with Crippen LogP contribution in [-0.2, 0) is 17.8 Å². The molecule has 0 aliphatic heterocycles. The van der Waals surface area contributed by atoms with Crippen molar-refractivity contribution in [3.05, 3.63) is 82.4 Å². The highest BCUT2D eigenvalue weighted by Gasteiger charge is 2.23. The summed E-state index contributed by atoms with van der Waals surface area (Å²) >= 11 is 0. The largest absolute Gasteiger partial charge is 0.497 e. The lowest BCUT2D eigenvalue weighted by Crippen LogP contribution is -2.26. The van der Waals surface area contributed by atoms with E-state index >= 15 is 0 Å². The van der Waals surface area contributed by atoms with Crippen LogP contribution in [0.5, 0.6) is 11.6 Å². The fourth-order valence-electron chi connectivity index (χ4n) is 4.21. The van der Waals surface area contributed by atoms with Crippen LogP contribution in [0, 0.1) is 0 Å². The molecule has 1 heterocycles. The number of benzene rings is 2. The second kappa shape index (κ2) is 10.3. The first kappa shape index (κ1) is 22.5. The molecule has 1 aromatic heterocycles. The molecular formula is C26H29N3O4. The molecule has 2 N–H and O–H groups in total. The summed E-state index contributed by atoms with van der Waals surface area (Å²) in [5.41, 5.74) is 2.47. The number of allylic oxidation sites excluding steroid dienone is 2. The van der Waals surface area contributed by atoms with Crippen molar-refractivity contribution in [2.24, 2.45) is 0 Å². The minimum Gasteiger partial charge on any atom is -0.497 e. The molecule has 0 spiro atoms. The van der Waals surface area contributed by atoms with E-state index in [-0.39, 0.29) is 23.9 Å². The minimum absolute atomic E-state index is 0.119. The van der Waals surface area contributed by atoms with E-state index in [2.05, 4.69) is 11.4 Å². The molecule has 3 aromatic rings. The first-order valence-electron chi connectivity index (χ1n) is 11.3. The van der Waals surface area contributed by atoms with Gasteiger partial charge in [0.1, 0.15) is 5.75 Å². The van der Waals surface area contributed by atoms with Crippen molar-refractivity contribution in [2.75, 3.05) is 12.4 Å². The minimum atomic E-state index is -0.345. The number of hydrogen-bond acceptors (Lipinski definition) is 4. The van der Waals surface area contributed by atoms with Gasteiger partial charge in [-0.25, -0.2) is 9.36 Å². The van der Waals surface area contributed by atoms with Crippen molar-refractivity contribution >= 4 is 11.6 Å². The third kappa shape index (κ3) is 5.19. The van der Waals surface area contributed by atoms with Gasteiger partial charge in [0, 0.05) is 12.2 Å². The molecule has 1 aliphatic carbocycles. The summed E-state index contributed by atoms with van der Waals surface area (Å²) in [6.07, 6.45) is 7.32. The van der Waals surface area contributed by atoms with E-state index in [4.69, 9.17) is 4.74 Å². The summed E-state index contributed by atoms with van der Waals surface area (Å²) in [7, 11) is 1.58. The van der Waals surface area contributed by atoms with Gasteiger partial charge in [-0.1, -0.05) is 29.8 Å². The maximum Gasteiger partial charge on any atom is 0.335 e. The topological polar surface area (TPSA) is 85.5 Å². The van der Waals surface area contributed by atoms with Crippen LogP contribution < -0.4 is 15.7 Å². The van der Waals surface area contributed by atoms with Gasteiger partial charge in [0.25, 0.3) is 0 Å². The van der Waals surface area contributed by atoms with Gasteiger partial charge in [0.15, 0.2) is 0 Å². The molecule has 172 valence electrons. The Bertz CT molecular complexity index is 1190. The molecule has 1 amide bonds. The van der Waals surface area contributed by atoms with Crippen LogP contribution >= 0.6 is 0 Å². The number of para-hydroxylation sites is 1. The maximum absolute atomic E-state index is 13.3. The van der Waals surface area contributed by atoms with Crippen LogP contribution in [0.25, 0.3) is 5.69 Å². The molecule has 0 saturated heterocycles. The van der Waals surface area contributed by atoms with E-state index in [9.17, 15) is 14.7 Å². The summed E-state index contributed by atoms with van der Waals surface area (Å²) in [4.78, 5) is 26.1. The smallest absolute Gasteiger partial charge is 0.335 e. The Hall–Kier alpha value is -3.74. The Kier molecular flexibility index (Phi) is 6.98. The van der Waals surface area contributed by atoms with E-state index in [1.165, 1.54) is 21.1 Å². The van der Waals surface area contributed by atoms with E-state index in [1.807, 2.05) is 6.07 Å². The predicted molar refractivity (Wildman–Crippen MR) is 128 cm³/mol. The van der Waals surface area contributed by atoms with Crippen molar-refractivity contribution in [3.8, 4) is 17.3 Å². The zero-order chi connectivity index (χ0) is 23.2. The zero-order valence-corrected chi connectivity index (χ0v) is 18.8. The highest BCUT2D eigenvalue weighted by Crippen LogP contribution is 2.25. The number of methoxy groups -OCH3 is 1. The molecule has 33 heavy (non-hydrogen) atoms. The Morgan fingerprint density at radius 2 is 1.85 bits per heavy atom.